The Hall–Kier alpha value is -2.06. The average Bonchev–Trinajstić information content (AvgIpc) is 3.16. The van der Waals surface area contributed by atoms with Crippen LogP contribution in [-0.2, 0) is 0 Å². The maximum Gasteiger partial charge on any atom is 0.321 e. The van der Waals surface area contributed by atoms with Crippen molar-refractivity contribution in [3.8, 4) is 10.7 Å². The molecule has 3 N–H and O–H groups in total. The number of carbonyl (C=O) groups excluding carboxylic acids is 1. The fourth-order valence-electron chi connectivity index (χ4n) is 2.83. The Morgan fingerprint density at radius 3 is 3.09 bits per heavy atom. The van der Waals surface area contributed by atoms with Gasteiger partial charge in [-0.15, -0.1) is 10.2 Å². The highest BCUT2D eigenvalue weighted by Crippen LogP contribution is 2.37. The Balaban J connectivity index is 1.62. The predicted molar refractivity (Wildman–Crippen MR) is 88.1 cm³/mol. The fourth-order valence-corrected chi connectivity index (χ4v) is 3.54. The molecule has 0 saturated heterocycles. The van der Waals surface area contributed by atoms with Gasteiger partial charge >= 0.3 is 6.03 Å². The van der Waals surface area contributed by atoms with Crippen molar-refractivity contribution in [1.29, 1.82) is 0 Å². The van der Waals surface area contributed by atoms with E-state index in [0.29, 0.717) is 10.1 Å². The first-order chi connectivity index (χ1) is 11.1. The van der Waals surface area contributed by atoms with E-state index in [1.807, 2.05) is 25.1 Å². The van der Waals surface area contributed by atoms with Gasteiger partial charge < -0.3 is 10.4 Å². The summed E-state index contributed by atoms with van der Waals surface area (Å²) < 4.78 is 0. The summed E-state index contributed by atoms with van der Waals surface area (Å²) in [4.78, 5) is 16.3. The number of carbonyl (C=O) groups is 1. The topological polar surface area (TPSA) is 100 Å². The highest BCUT2D eigenvalue weighted by atomic mass is 32.1. The number of anilines is 1. The van der Waals surface area contributed by atoms with E-state index in [4.69, 9.17) is 0 Å². The number of rotatable bonds is 4. The fraction of sp³-hybridized carbons (Fsp3) is 0.467. The zero-order valence-electron chi connectivity index (χ0n) is 12.8. The molecule has 0 radical (unpaired) electrons. The molecular weight excluding hydrogens is 314 g/mol. The van der Waals surface area contributed by atoms with Crippen molar-refractivity contribution in [2.24, 2.45) is 5.41 Å². The lowest BCUT2D eigenvalue weighted by Gasteiger charge is -2.29. The summed E-state index contributed by atoms with van der Waals surface area (Å²) in [7, 11) is 0. The van der Waals surface area contributed by atoms with Crippen LogP contribution in [0.3, 0.4) is 0 Å². The van der Waals surface area contributed by atoms with Gasteiger partial charge in [0.25, 0.3) is 0 Å². The second-order valence-electron chi connectivity index (χ2n) is 5.98. The first-order valence-corrected chi connectivity index (χ1v) is 8.36. The molecule has 3 rings (SSSR count). The van der Waals surface area contributed by atoms with Crippen LogP contribution in [0, 0.1) is 5.41 Å². The number of pyridine rings is 1. The molecule has 0 aliphatic heterocycles. The van der Waals surface area contributed by atoms with E-state index in [2.05, 4.69) is 25.8 Å². The number of aliphatic hydroxyl groups excluding tert-OH is 1. The van der Waals surface area contributed by atoms with Gasteiger partial charge in [-0.05, 0) is 25.0 Å². The minimum atomic E-state index is -0.319. The minimum absolute atomic E-state index is 0.0318. The van der Waals surface area contributed by atoms with Crippen molar-refractivity contribution < 1.29 is 9.90 Å². The van der Waals surface area contributed by atoms with Gasteiger partial charge in [0.15, 0.2) is 5.01 Å². The third-order valence-corrected chi connectivity index (χ3v) is 5.14. The molecule has 1 saturated carbocycles. The summed E-state index contributed by atoms with van der Waals surface area (Å²) in [6, 6.07) is 5.20. The summed E-state index contributed by atoms with van der Waals surface area (Å²) in [6.07, 6.45) is 4.48. The Morgan fingerprint density at radius 1 is 1.48 bits per heavy atom. The lowest BCUT2D eigenvalue weighted by Crippen LogP contribution is -2.46. The smallest absolute Gasteiger partial charge is 0.321 e. The summed E-state index contributed by atoms with van der Waals surface area (Å²) >= 11 is 1.27. The molecule has 2 atom stereocenters. The molecule has 2 aromatic rings. The van der Waals surface area contributed by atoms with Crippen LogP contribution in [-0.4, -0.2) is 39.0 Å². The molecule has 1 fully saturated rings. The molecule has 122 valence electrons. The van der Waals surface area contributed by atoms with Crippen molar-refractivity contribution in [3.63, 3.8) is 0 Å². The molecule has 8 heteroatoms. The van der Waals surface area contributed by atoms with Gasteiger partial charge in [0.1, 0.15) is 5.69 Å². The number of aliphatic hydroxyl groups is 1. The predicted octanol–water partition coefficient (Wildman–Crippen LogP) is 2.27. The third kappa shape index (κ3) is 3.48. The van der Waals surface area contributed by atoms with E-state index in [9.17, 15) is 9.90 Å². The number of urea groups is 1. The van der Waals surface area contributed by atoms with Gasteiger partial charge in [-0.25, -0.2) is 4.79 Å². The summed E-state index contributed by atoms with van der Waals surface area (Å²) in [5, 5.41) is 24.3. The van der Waals surface area contributed by atoms with Crippen molar-refractivity contribution in [3.05, 3.63) is 24.4 Å². The van der Waals surface area contributed by atoms with Crippen LogP contribution in [0.15, 0.2) is 24.4 Å². The van der Waals surface area contributed by atoms with Crippen LogP contribution in [0.25, 0.3) is 10.7 Å². The van der Waals surface area contributed by atoms with E-state index in [1.165, 1.54) is 11.3 Å². The van der Waals surface area contributed by atoms with Crippen molar-refractivity contribution in [2.45, 2.75) is 32.2 Å². The number of hydrogen-bond acceptors (Lipinski definition) is 6. The SMILES string of the molecule is C[C@]1(CO)CCC[C@H]1NC(=O)Nc1nnc(-c2ccccn2)s1. The molecule has 1 aliphatic rings. The Labute approximate surface area is 138 Å². The first-order valence-electron chi connectivity index (χ1n) is 7.54. The van der Waals surface area contributed by atoms with E-state index in [-0.39, 0.29) is 24.1 Å². The van der Waals surface area contributed by atoms with Crippen molar-refractivity contribution >= 4 is 22.5 Å². The lowest BCUT2D eigenvalue weighted by atomic mass is 9.86. The van der Waals surface area contributed by atoms with Crippen LogP contribution in [0.5, 0.6) is 0 Å². The normalized spacial score (nSPS) is 23.7. The number of aromatic nitrogens is 3. The van der Waals surface area contributed by atoms with Crippen molar-refractivity contribution in [1.82, 2.24) is 20.5 Å². The zero-order valence-corrected chi connectivity index (χ0v) is 13.6. The highest BCUT2D eigenvalue weighted by Gasteiger charge is 2.39. The van der Waals surface area contributed by atoms with Gasteiger partial charge in [-0.3, -0.25) is 10.3 Å². The molecule has 0 aromatic carbocycles. The van der Waals surface area contributed by atoms with Gasteiger partial charge in [-0.1, -0.05) is 30.7 Å². The zero-order chi connectivity index (χ0) is 16.3. The maximum atomic E-state index is 12.1. The number of hydrogen-bond donors (Lipinski definition) is 3. The molecule has 0 unspecified atom stereocenters. The second kappa shape index (κ2) is 6.59. The minimum Gasteiger partial charge on any atom is -0.396 e. The van der Waals surface area contributed by atoms with E-state index < -0.39 is 0 Å². The molecule has 2 heterocycles. The molecule has 0 spiro atoms. The Morgan fingerprint density at radius 2 is 2.35 bits per heavy atom. The third-order valence-electron chi connectivity index (χ3n) is 4.28. The second-order valence-corrected chi connectivity index (χ2v) is 6.96. The summed E-state index contributed by atoms with van der Waals surface area (Å²) in [6.45, 7) is 2.07. The van der Waals surface area contributed by atoms with Crippen LogP contribution < -0.4 is 10.6 Å². The highest BCUT2D eigenvalue weighted by molar-refractivity contribution is 7.18. The first kappa shape index (κ1) is 15.8. The standard InChI is InChI=1S/C15H19N5O2S/c1-15(9-21)7-4-6-11(15)17-13(22)18-14-20-19-12(23-14)10-5-2-3-8-16-10/h2-3,5,8,11,21H,4,6-7,9H2,1H3,(H2,17,18,20,22)/t11-,15-/m1/s1. The average molecular weight is 333 g/mol. The summed E-state index contributed by atoms with van der Waals surface area (Å²) in [5.74, 6) is 0. The van der Waals surface area contributed by atoms with Crippen LogP contribution in [0.2, 0.25) is 0 Å². The summed E-state index contributed by atoms with van der Waals surface area (Å²) in [5.41, 5.74) is 0.472. The molecule has 1 aliphatic carbocycles. The van der Waals surface area contributed by atoms with E-state index in [1.54, 1.807) is 6.20 Å². The van der Waals surface area contributed by atoms with Gasteiger partial charge in [-0.2, -0.15) is 0 Å². The van der Waals surface area contributed by atoms with Gasteiger partial charge in [0.05, 0.1) is 6.61 Å². The molecule has 23 heavy (non-hydrogen) atoms. The van der Waals surface area contributed by atoms with Gasteiger partial charge in [0, 0.05) is 17.7 Å². The van der Waals surface area contributed by atoms with Crippen LogP contribution >= 0.6 is 11.3 Å². The Kier molecular flexibility index (Phi) is 4.53. The maximum absolute atomic E-state index is 12.1. The quantitative estimate of drug-likeness (QED) is 0.797. The van der Waals surface area contributed by atoms with Crippen molar-refractivity contribution in [2.75, 3.05) is 11.9 Å². The van der Waals surface area contributed by atoms with Crippen LogP contribution in [0.4, 0.5) is 9.93 Å². The lowest BCUT2D eigenvalue weighted by molar-refractivity contribution is 0.122. The monoisotopic (exact) mass is 333 g/mol. The number of amides is 2. The molecule has 2 aromatic heterocycles. The van der Waals surface area contributed by atoms with Gasteiger partial charge in [0.2, 0.25) is 5.13 Å². The molecule has 2 amide bonds. The molecule has 7 nitrogen and oxygen atoms in total. The van der Waals surface area contributed by atoms with E-state index in [0.717, 1.165) is 25.0 Å². The van der Waals surface area contributed by atoms with E-state index >= 15 is 0 Å². The molecular formula is C15H19N5O2S. The molecule has 0 bridgehead atoms. The number of nitrogens with zero attached hydrogens (tertiary/aromatic N) is 3. The van der Waals surface area contributed by atoms with Crippen LogP contribution in [0.1, 0.15) is 26.2 Å². The Bertz CT molecular complexity index is 678. The number of nitrogens with one attached hydrogen (secondary N) is 2. The largest absolute Gasteiger partial charge is 0.396 e.